The number of ether oxygens (including phenoxy) is 2. The lowest BCUT2D eigenvalue weighted by Gasteiger charge is -2.07. The van der Waals surface area contributed by atoms with Gasteiger partial charge in [-0.2, -0.15) is 10.1 Å². The molecule has 1 amide bonds. The molecule has 0 bridgehead atoms. The number of aromatic nitrogens is 1. The van der Waals surface area contributed by atoms with E-state index in [0.29, 0.717) is 27.9 Å². The third-order valence-electron chi connectivity index (χ3n) is 4.58. The Balaban J connectivity index is 1.42. The highest BCUT2D eigenvalue weighted by Crippen LogP contribution is 2.35. The second-order valence-corrected chi connectivity index (χ2v) is 8.25. The molecule has 0 saturated heterocycles. The van der Waals surface area contributed by atoms with Crippen LogP contribution in [-0.4, -0.2) is 23.4 Å². The van der Waals surface area contributed by atoms with E-state index < -0.39 is 0 Å². The van der Waals surface area contributed by atoms with Crippen LogP contribution in [0.2, 0.25) is 0 Å². The highest BCUT2D eigenvalue weighted by molar-refractivity contribution is 9.10. The molecule has 0 spiro atoms. The maximum atomic E-state index is 13.0. The molecule has 0 atom stereocenters. The Morgan fingerprint density at radius 2 is 1.93 bits per heavy atom. The molecular formula is C21H14BrN3O3S. The predicted molar refractivity (Wildman–Crippen MR) is 116 cm³/mol. The van der Waals surface area contributed by atoms with Crippen LogP contribution in [0.4, 0.5) is 5.13 Å². The van der Waals surface area contributed by atoms with Crippen molar-refractivity contribution in [3.63, 3.8) is 0 Å². The zero-order valence-electron chi connectivity index (χ0n) is 15.3. The van der Waals surface area contributed by atoms with Crippen molar-refractivity contribution in [3.8, 4) is 22.8 Å². The quantitative estimate of drug-likeness (QED) is 0.502. The van der Waals surface area contributed by atoms with Crippen molar-refractivity contribution in [3.05, 3.63) is 63.5 Å². The Hall–Kier alpha value is -2.97. The van der Waals surface area contributed by atoms with Gasteiger partial charge in [0, 0.05) is 15.4 Å². The molecule has 0 saturated carbocycles. The molecule has 0 fully saturated rings. The van der Waals surface area contributed by atoms with Crippen molar-refractivity contribution >= 4 is 50.1 Å². The summed E-state index contributed by atoms with van der Waals surface area (Å²) >= 11 is 4.82. The third kappa shape index (κ3) is 3.34. The molecular weight excluding hydrogens is 454 g/mol. The minimum absolute atomic E-state index is 0.197. The molecule has 0 unspecified atom stereocenters. The fourth-order valence-electron chi connectivity index (χ4n) is 3.10. The number of carbonyl (C=O) groups excluding carboxylic acids is 1. The number of carbonyl (C=O) groups is 1. The standard InChI is InChI=1S/C21H14BrN3O3S/c1-12-16(8-13-2-7-18-19(9-13)28-11-27-18)20(26)25(24-12)21-23-17(10-29-21)14-3-5-15(22)6-4-14/h2-10H,11H2,1H3/b16-8-. The van der Waals surface area contributed by atoms with Crippen LogP contribution in [0.5, 0.6) is 11.5 Å². The van der Waals surface area contributed by atoms with Crippen molar-refractivity contribution in [1.82, 2.24) is 4.98 Å². The van der Waals surface area contributed by atoms with Gasteiger partial charge in [0.2, 0.25) is 11.9 Å². The highest BCUT2D eigenvalue weighted by atomic mass is 79.9. The van der Waals surface area contributed by atoms with E-state index in [0.717, 1.165) is 21.3 Å². The Labute approximate surface area is 179 Å². The number of amides is 1. The van der Waals surface area contributed by atoms with E-state index in [4.69, 9.17) is 9.47 Å². The summed E-state index contributed by atoms with van der Waals surface area (Å²) in [5.74, 6) is 1.19. The smallest absolute Gasteiger partial charge is 0.282 e. The van der Waals surface area contributed by atoms with Crippen LogP contribution in [0.15, 0.2) is 63.0 Å². The Morgan fingerprint density at radius 1 is 1.14 bits per heavy atom. The summed E-state index contributed by atoms with van der Waals surface area (Å²) in [5, 5.41) is 8.26. The zero-order valence-corrected chi connectivity index (χ0v) is 17.7. The summed E-state index contributed by atoms with van der Waals surface area (Å²) in [4.78, 5) is 17.6. The average Bonchev–Trinajstić information content (AvgIpc) is 3.44. The maximum Gasteiger partial charge on any atom is 0.282 e. The van der Waals surface area contributed by atoms with Gasteiger partial charge in [-0.15, -0.1) is 11.3 Å². The first-order valence-corrected chi connectivity index (χ1v) is 10.5. The predicted octanol–water partition coefficient (Wildman–Crippen LogP) is 5.11. The number of hydrazone groups is 1. The molecule has 3 aromatic rings. The first-order valence-electron chi connectivity index (χ1n) is 8.81. The van der Waals surface area contributed by atoms with Crippen LogP contribution in [0, 0.1) is 0 Å². The first-order chi connectivity index (χ1) is 14.1. The largest absolute Gasteiger partial charge is 0.454 e. The van der Waals surface area contributed by atoms with Crippen LogP contribution in [0.1, 0.15) is 12.5 Å². The zero-order chi connectivity index (χ0) is 20.0. The fraction of sp³-hybridized carbons (Fsp3) is 0.0952. The van der Waals surface area contributed by atoms with E-state index in [1.54, 1.807) is 0 Å². The van der Waals surface area contributed by atoms with Crippen LogP contribution in [0.25, 0.3) is 17.3 Å². The molecule has 2 aliphatic heterocycles. The van der Waals surface area contributed by atoms with E-state index in [1.165, 1.54) is 16.3 Å². The number of nitrogens with zero attached hydrogens (tertiary/aromatic N) is 3. The van der Waals surface area contributed by atoms with Gasteiger partial charge in [0.1, 0.15) is 0 Å². The van der Waals surface area contributed by atoms with Crippen LogP contribution < -0.4 is 14.5 Å². The topological polar surface area (TPSA) is 64.0 Å². The molecule has 29 heavy (non-hydrogen) atoms. The molecule has 0 aliphatic carbocycles. The highest BCUT2D eigenvalue weighted by Gasteiger charge is 2.31. The molecule has 1 aromatic heterocycles. The molecule has 2 aliphatic rings. The number of hydrogen-bond acceptors (Lipinski definition) is 6. The van der Waals surface area contributed by atoms with Gasteiger partial charge in [0.25, 0.3) is 5.91 Å². The van der Waals surface area contributed by atoms with Crippen molar-refractivity contribution in [2.75, 3.05) is 11.8 Å². The summed E-state index contributed by atoms with van der Waals surface area (Å²) in [5.41, 5.74) is 3.83. The summed E-state index contributed by atoms with van der Waals surface area (Å²) in [6.45, 7) is 2.03. The minimum Gasteiger partial charge on any atom is -0.454 e. The van der Waals surface area contributed by atoms with E-state index >= 15 is 0 Å². The Morgan fingerprint density at radius 3 is 2.76 bits per heavy atom. The van der Waals surface area contributed by atoms with E-state index in [2.05, 4.69) is 26.0 Å². The summed E-state index contributed by atoms with van der Waals surface area (Å²) < 4.78 is 11.8. The molecule has 3 heterocycles. The number of fused-ring (bicyclic) bond motifs is 1. The first kappa shape index (κ1) is 18.1. The maximum absolute atomic E-state index is 13.0. The van der Waals surface area contributed by atoms with Crippen molar-refractivity contribution < 1.29 is 14.3 Å². The summed E-state index contributed by atoms with van der Waals surface area (Å²) in [7, 11) is 0. The molecule has 0 N–H and O–H groups in total. The Kier molecular flexibility index (Phi) is 4.44. The lowest BCUT2D eigenvalue weighted by atomic mass is 10.1. The van der Waals surface area contributed by atoms with Crippen LogP contribution >= 0.6 is 27.3 Å². The number of hydrogen-bond donors (Lipinski definition) is 0. The number of benzene rings is 2. The summed E-state index contributed by atoms with van der Waals surface area (Å²) in [6.07, 6.45) is 1.81. The lowest BCUT2D eigenvalue weighted by Crippen LogP contribution is -2.21. The minimum atomic E-state index is -0.197. The second-order valence-electron chi connectivity index (χ2n) is 6.50. The van der Waals surface area contributed by atoms with Gasteiger partial charge >= 0.3 is 0 Å². The lowest BCUT2D eigenvalue weighted by molar-refractivity contribution is -0.114. The van der Waals surface area contributed by atoms with Gasteiger partial charge in [-0.05, 0) is 42.8 Å². The average molecular weight is 468 g/mol. The monoisotopic (exact) mass is 467 g/mol. The molecule has 2 aromatic carbocycles. The Bertz CT molecular complexity index is 1180. The van der Waals surface area contributed by atoms with Crippen LogP contribution in [-0.2, 0) is 4.79 Å². The number of halogens is 1. The molecule has 144 valence electrons. The van der Waals surface area contributed by atoms with Gasteiger partial charge in [-0.3, -0.25) is 4.79 Å². The van der Waals surface area contributed by atoms with Crippen LogP contribution in [0.3, 0.4) is 0 Å². The number of rotatable bonds is 3. The summed E-state index contributed by atoms with van der Waals surface area (Å²) in [6, 6.07) is 13.5. The van der Waals surface area contributed by atoms with Gasteiger partial charge in [-0.1, -0.05) is 34.1 Å². The van der Waals surface area contributed by atoms with E-state index in [9.17, 15) is 4.79 Å². The molecule has 8 heteroatoms. The van der Waals surface area contributed by atoms with E-state index in [-0.39, 0.29) is 12.7 Å². The van der Waals surface area contributed by atoms with Crippen molar-refractivity contribution in [2.45, 2.75) is 6.92 Å². The van der Waals surface area contributed by atoms with E-state index in [1.807, 2.05) is 60.8 Å². The third-order valence-corrected chi connectivity index (χ3v) is 5.93. The fourth-order valence-corrected chi connectivity index (χ4v) is 4.14. The second kappa shape index (κ2) is 7.13. The van der Waals surface area contributed by atoms with Gasteiger partial charge in [0.15, 0.2) is 11.5 Å². The number of thiazole rings is 1. The van der Waals surface area contributed by atoms with Crippen molar-refractivity contribution in [2.24, 2.45) is 5.10 Å². The normalized spacial score (nSPS) is 16.6. The molecule has 5 rings (SSSR count). The van der Waals surface area contributed by atoms with Gasteiger partial charge < -0.3 is 9.47 Å². The molecule has 6 nitrogen and oxygen atoms in total. The molecule has 0 radical (unpaired) electrons. The SMILES string of the molecule is CC1=NN(c2nc(-c3ccc(Br)cc3)cs2)C(=O)/C1=C\c1ccc2c(c1)OCO2. The van der Waals surface area contributed by atoms with Gasteiger partial charge in [0.05, 0.1) is 17.0 Å². The number of anilines is 1. The van der Waals surface area contributed by atoms with Crippen molar-refractivity contribution in [1.29, 1.82) is 0 Å². The van der Waals surface area contributed by atoms with Gasteiger partial charge in [-0.25, -0.2) is 4.98 Å².